The van der Waals surface area contributed by atoms with Gasteiger partial charge in [-0.15, -0.1) is 0 Å². The summed E-state index contributed by atoms with van der Waals surface area (Å²) in [4.78, 5) is 11.8. The zero-order chi connectivity index (χ0) is 18.4. The summed E-state index contributed by atoms with van der Waals surface area (Å²) < 4.78 is 29.3. The van der Waals surface area contributed by atoms with Gasteiger partial charge >= 0.3 is 5.97 Å². The highest BCUT2D eigenvalue weighted by atomic mass is 28.4. The monoisotopic (exact) mass is 360 g/mol. The number of rotatable bonds is 5. The normalized spacial score (nSPS) is 32.7. The Morgan fingerprint density at radius 3 is 2.46 bits per heavy atom. The molecule has 0 radical (unpaired) electrons. The first-order valence-electron chi connectivity index (χ1n) is 8.53. The summed E-state index contributed by atoms with van der Waals surface area (Å²) in [6, 6.07) is 0. The molecule has 0 saturated carbocycles. The van der Waals surface area contributed by atoms with Crippen molar-refractivity contribution in [3.8, 4) is 0 Å². The van der Waals surface area contributed by atoms with Crippen molar-refractivity contribution in [1.82, 2.24) is 0 Å². The minimum atomic E-state index is -1.97. The Hall–Kier alpha value is -0.473. The second kappa shape index (κ2) is 6.36. The highest BCUT2D eigenvalue weighted by Crippen LogP contribution is 2.47. The van der Waals surface area contributed by atoms with E-state index in [1.54, 1.807) is 0 Å². The molecular formula is C17H32O6Si. The predicted octanol–water partition coefficient (Wildman–Crippen LogP) is 2.86. The molecule has 2 saturated heterocycles. The summed E-state index contributed by atoms with van der Waals surface area (Å²) in [5.74, 6) is -1.04. The van der Waals surface area contributed by atoms with Gasteiger partial charge in [0.15, 0.2) is 14.1 Å². The second-order valence-corrected chi connectivity index (χ2v) is 13.5. The van der Waals surface area contributed by atoms with Gasteiger partial charge < -0.3 is 23.4 Å². The largest absolute Gasteiger partial charge is 0.469 e. The van der Waals surface area contributed by atoms with Gasteiger partial charge in [0.2, 0.25) is 0 Å². The van der Waals surface area contributed by atoms with Crippen molar-refractivity contribution in [1.29, 1.82) is 0 Å². The van der Waals surface area contributed by atoms with Gasteiger partial charge in [0.1, 0.15) is 17.8 Å². The minimum absolute atomic E-state index is 0.0887. The first-order chi connectivity index (χ1) is 10.8. The van der Waals surface area contributed by atoms with Crippen molar-refractivity contribution in [3.63, 3.8) is 0 Å². The number of ether oxygens (including phenoxy) is 4. The lowest BCUT2D eigenvalue weighted by Crippen LogP contribution is -2.54. The average molecular weight is 361 g/mol. The second-order valence-electron chi connectivity index (χ2n) is 8.71. The van der Waals surface area contributed by atoms with E-state index in [1.807, 2.05) is 13.8 Å². The summed E-state index contributed by atoms with van der Waals surface area (Å²) >= 11 is 0. The maximum Gasteiger partial charge on any atom is 0.308 e. The van der Waals surface area contributed by atoms with Crippen LogP contribution < -0.4 is 0 Å². The molecule has 0 amide bonds. The van der Waals surface area contributed by atoms with Gasteiger partial charge in [-0.3, -0.25) is 4.79 Å². The third-order valence-electron chi connectivity index (χ3n) is 5.45. The molecule has 0 aromatic carbocycles. The standard InChI is InChI=1S/C17H32O6Si/c1-15(2,3)24(7,8)21-11-17-12(9-14(18)19-6)20-10-13(17)22-16(4,5)23-17/h12-13H,9-11H2,1-8H3/t12-,13-,17+/m1/s1. The molecule has 2 aliphatic heterocycles. The minimum Gasteiger partial charge on any atom is -0.469 e. The number of esters is 1. The number of carbonyl (C=O) groups is 1. The van der Waals surface area contributed by atoms with Crippen molar-refractivity contribution in [2.45, 2.75) is 82.8 Å². The van der Waals surface area contributed by atoms with E-state index in [0.29, 0.717) is 13.2 Å². The van der Waals surface area contributed by atoms with Gasteiger partial charge in [-0.25, -0.2) is 0 Å². The van der Waals surface area contributed by atoms with Gasteiger partial charge in [-0.2, -0.15) is 0 Å². The van der Waals surface area contributed by atoms with Crippen LogP contribution in [0.25, 0.3) is 0 Å². The molecule has 0 aliphatic carbocycles. The lowest BCUT2D eigenvalue weighted by Gasteiger charge is -2.40. The molecule has 2 heterocycles. The average Bonchev–Trinajstić information content (AvgIpc) is 2.87. The molecule has 6 nitrogen and oxygen atoms in total. The summed E-state index contributed by atoms with van der Waals surface area (Å²) in [6.45, 7) is 15.5. The Kier molecular flexibility index (Phi) is 5.26. The molecule has 0 aromatic heterocycles. The molecule has 2 fully saturated rings. The fraction of sp³-hybridized carbons (Fsp3) is 0.941. The van der Waals surface area contributed by atoms with Crippen molar-refractivity contribution >= 4 is 14.3 Å². The van der Waals surface area contributed by atoms with Gasteiger partial charge in [-0.1, -0.05) is 20.8 Å². The van der Waals surface area contributed by atoms with Crippen molar-refractivity contribution < 1.29 is 28.2 Å². The Morgan fingerprint density at radius 2 is 1.92 bits per heavy atom. The van der Waals surface area contributed by atoms with Crippen LogP contribution in [-0.4, -0.2) is 58.2 Å². The van der Waals surface area contributed by atoms with Crippen LogP contribution in [0.1, 0.15) is 41.0 Å². The SMILES string of the molecule is COC(=O)C[C@H]1OC[C@H]2OC(C)(C)O[C@@]12CO[Si](C)(C)C(C)(C)C. The Morgan fingerprint density at radius 1 is 1.29 bits per heavy atom. The molecule has 0 unspecified atom stereocenters. The van der Waals surface area contributed by atoms with Crippen molar-refractivity contribution in [3.05, 3.63) is 0 Å². The first kappa shape index (κ1) is 19.8. The fourth-order valence-corrected chi connectivity index (χ4v) is 3.99. The number of hydrogen-bond donors (Lipinski definition) is 0. The Balaban J connectivity index is 2.22. The molecular weight excluding hydrogens is 328 g/mol. The van der Waals surface area contributed by atoms with Crippen LogP contribution in [0, 0.1) is 0 Å². The van der Waals surface area contributed by atoms with E-state index in [1.165, 1.54) is 7.11 Å². The van der Waals surface area contributed by atoms with E-state index in [9.17, 15) is 4.79 Å². The van der Waals surface area contributed by atoms with Gasteiger partial charge in [0.05, 0.1) is 26.7 Å². The molecule has 2 rings (SSSR count). The predicted molar refractivity (Wildman–Crippen MR) is 92.3 cm³/mol. The molecule has 0 spiro atoms. The van der Waals surface area contributed by atoms with Crippen molar-refractivity contribution in [2.75, 3.05) is 20.3 Å². The summed E-state index contributed by atoms with van der Waals surface area (Å²) in [6.07, 6.45) is -0.541. The van der Waals surface area contributed by atoms with E-state index in [-0.39, 0.29) is 23.5 Å². The topological polar surface area (TPSA) is 63.2 Å². The smallest absolute Gasteiger partial charge is 0.308 e. The Bertz CT molecular complexity index is 484. The highest BCUT2D eigenvalue weighted by molar-refractivity contribution is 6.74. The number of fused-ring (bicyclic) bond motifs is 1. The molecule has 3 atom stereocenters. The summed E-state index contributed by atoms with van der Waals surface area (Å²) in [5, 5.41) is 0.0887. The third-order valence-corrected chi connectivity index (χ3v) is 9.92. The molecule has 0 N–H and O–H groups in total. The van der Waals surface area contributed by atoms with Crippen LogP contribution in [-0.2, 0) is 28.2 Å². The molecule has 7 heteroatoms. The van der Waals surface area contributed by atoms with Gasteiger partial charge in [0.25, 0.3) is 0 Å². The number of methoxy groups -OCH3 is 1. The zero-order valence-corrected chi connectivity index (χ0v) is 17.2. The van der Waals surface area contributed by atoms with E-state index in [0.717, 1.165) is 0 Å². The lowest BCUT2D eigenvalue weighted by molar-refractivity contribution is -0.205. The maximum absolute atomic E-state index is 11.8. The van der Waals surface area contributed by atoms with Crippen LogP contribution in [0.5, 0.6) is 0 Å². The number of carbonyl (C=O) groups excluding carboxylic acids is 1. The summed E-state index contributed by atoms with van der Waals surface area (Å²) in [7, 11) is -0.591. The van der Waals surface area contributed by atoms with E-state index in [2.05, 4.69) is 33.9 Å². The summed E-state index contributed by atoms with van der Waals surface area (Å²) in [5.41, 5.74) is -0.771. The zero-order valence-electron chi connectivity index (χ0n) is 16.2. The molecule has 0 aromatic rings. The van der Waals surface area contributed by atoms with Crippen LogP contribution >= 0.6 is 0 Å². The van der Waals surface area contributed by atoms with E-state index >= 15 is 0 Å². The lowest BCUT2D eigenvalue weighted by atomic mass is 9.92. The number of hydrogen-bond acceptors (Lipinski definition) is 6. The maximum atomic E-state index is 11.8. The third kappa shape index (κ3) is 3.70. The van der Waals surface area contributed by atoms with Crippen LogP contribution in [0.4, 0.5) is 0 Å². The van der Waals surface area contributed by atoms with E-state index < -0.39 is 25.8 Å². The molecule has 24 heavy (non-hydrogen) atoms. The van der Waals surface area contributed by atoms with Gasteiger partial charge in [0, 0.05) is 0 Å². The van der Waals surface area contributed by atoms with Gasteiger partial charge in [-0.05, 0) is 32.0 Å². The van der Waals surface area contributed by atoms with Crippen molar-refractivity contribution in [2.24, 2.45) is 0 Å². The fourth-order valence-electron chi connectivity index (χ4n) is 2.97. The highest BCUT2D eigenvalue weighted by Gasteiger charge is 2.63. The first-order valence-corrected chi connectivity index (χ1v) is 11.4. The van der Waals surface area contributed by atoms with Crippen LogP contribution in [0.2, 0.25) is 18.1 Å². The Labute approximate surface area is 146 Å². The molecule has 2 aliphatic rings. The quantitative estimate of drug-likeness (QED) is 0.555. The molecule has 0 bridgehead atoms. The van der Waals surface area contributed by atoms with Crippen LogP contribution in [0.15, 0.2) is 0 Å². The van der Waals surface area contributed by atoms with E-state index in [4.69, 9.17) is 23.4 Å². The van der Waals surface area contributed by atoms with Crippen LogP contribution in [0.3, 0.4) is 0 Å². The molecule has 140 valence electrons.